The third-order valence-corrected chi connectivity index (χ3v) is 3.72. The molecular weight excluding hydrogens is 279 g/mol. The van der Waals surface area contributed by atoms with Crippen molar-refractivity contribution in [1.29, 1.82) is 0 Å². The fourth-order valence-corrected chi connectivity index (χ4v) is 2.68. The van der Waals surface area contributed by atoms with Crippen LogP contribution in [0.5, 0.6) is 5.75 Å². The number of halogens is 1. The lowest BCUT2D eigenvalue weighted by Crippen LogP contribution is -1.98. The van der Waals surface area contributed by atoms with Gasteiger partial charge in [0.25, 0.3) is 0 Å². The van der Waals surface area contributed by atoms with E-state index in [1.807, 2.05) is 12.1 Å². The molecule has 0 unspecified atom stereocenters. The SMILES string of the molecule is CC(C)n1cc(COc2cccc(F)c2)c2c(N)cccc21. The molecule has 0 saturated carbocycles. The fraction of sp³-hybridized carbons (Fsp3) is 0.222. The minimum absolute atomic E-state index is 0.304. The second-order valence-electron chi connectivity index (χ2n) is 5.64. The zero-order valence-electron chi connectivity index (χ0n) is 12.7. The quantitative estimate of drug-likeness (QED) is 0.719. The lowest BCUT2D eigenvalue weighted by Gasteiger charge is -2.08. The summed E-state index contributed by atoms with van der Waals surface area (Å²) in [6.07, 6.45) is 2.06. The Labute approximate surface area is 129 Å². The van der Waals surface area contributed by atoms with Crippen molar-refractivity contribution in [2.75, 3.05) is 5.73 Å². The zero-order chi connectivity index (χ0) is 15.7. The van der Waals surface area contributed by atoms with Crippen molar-refractivity contribution in [1.82, 2.24) is 4.57 Å². The Hall–Kier alpha value is -2.49. The number of fused-ring (bicyclic) bond motifs is 1. The van der Waals surface area contributed by atoms with Crippen molar-refractivity contribution in [3.05, 3.63) is 60.0 Å². The first-order valence-electron chi connectivity index (χ1n) is 7.32. The molecule has 4 heteroatoms. The smallest absolute Gasteiger partial charge is 0.126 e. The van der Waals surface area contributed by atoms with Crippen LogP contribution < -0.4 is 10.5 Å². The van der Waals surface area contributed by atoms with Crippen LogP contribution in [0.1, 0.15) is 25.5 Å². The third kappa shape index (κ3) is 2.64. The highest BCUT2D eigenvalue weighted by molar-refractivity contribution is 5.94. The molecule has 22 heavy (non-hydrogen) atoms. The molecule has 3 nitrogen and oxygen atoms in total. The van der Waals surface area contributed by atoms with Gasteiger partial charge in [-0.25, -0.2) is 4.39 Å². The molecule has 0 aliphatic rings. The number of anilines is 1. The van der Waals surface area contributed by atoms with Crippen LogP contribution in [0.3, 0.4) is 0 Å². The van der Waals surface area contributed by atoms with Gasteiger partial charge in [0.1, 0.15) is 18.2 Å². The van der Waals surface area contributed by atoms with Crippen LogP contribution in [0.4, 0.5) is 10.1 Å². The molecule has 0 amide bonds. The fourth-order valence-electron chi connectivity index (χ4n) is 2.68. The molecule has 0 radical (unpaired) electrons. The van der Waals surface area contributed by atoms with E-state index in [1.54, 1.807) is 12.1 Å². The van der Waals surface area contributed by atoms with Crippen molar-refractivity contribution in [3.63, 3.8) is 0 Å². The first-order chi connectivity index (χ1) is 10.6. The number of aromatic nitrogens is 1. The first kappa shape index (κ1) is 14.4. The van der Waals surface area contributed by atoms with E-state index in [-0.39, 0.29) is 5.82 Å². The predicted octanol–water partition coefficient (Wildman–Crippen LogP) is 4.52. The second kappa shape index (κ2) is 5.72. The van der Waals surface area contributed by atoms with Crippen LogP contribution in [-0.2, 0) is 6.61 Å². The summed E-state index contributed by atoms with van der Waals surface area (Å²) in [5.41, 5.74) is 8.96. The largest absolute Gasteiger partial charge is 0.489 e. The maximum atomic E-state index is 13.2. The molecule has 0 aliphatic heterocycles. The molecule has 3 aromatic rings. The normalized spacial score (nSPS) is 11.3. The van der Waals surface area contributed by atoms with Gasteiger partial charge < -0.3 is 15.0 Å². The van der Waals surface area contributed by atoms with E-state index in [4.69, 9.17) is 10.5 Å². The van der Waals surface area contributed by atoms with E-state index in [2.05, 4.69) is 30.7 Å². The molecule has 0 bridgehead atoms. The average Bonchev–Trinajstić information content (AvgIpc) is 2.86. The Bertz CT molecular complexity index is 808. The number of rotatable bonds is 4. The summed E-state index contributed by atoms with van der Waals surface area (Å²) in [7, 11) is 0. The van der Waals surface area contributed by atoms with Crippen LogP contribution in [0.25, 0.3) is 10.9 Å². The molecule has 0 fully saturated rings. The van der Waals surface area contributed by atoms with E-state index in [9.17, 15) is 4.39 Å². The standard InChI is InChI=1S/C18H19FN2O/c1-12(2)21-10-13(18-16(20)7-4-8-17(18)21)11-22-15-6-3-5-14(19)9-15/h3-10,12H,11,20H2,1-2H3. The number of hydrogen-bond acceptors (Lipinski definition) is 2. The van der Waals surface area contributed by atoms with Gasteiger partial charge in [-0.2, -0.15) is 0 Å². The summed E-state index contributed by atoms with van der Waals surface area (Å²) in [5.74, 6) is 0.210. The number of nitrogens with zero attached hydrogens (tertiary/aromatic N) is 1. The molecule has 1 aromatic heterocycles. The highest BCUT2D eigenvalue weighted by atomic mass is 19.1. The van der Waals surface area contributed by atoms with Gasteiger partial charge in [-0.1, -0.05) is 12.1 Å². The number of hydrogen-bond donors (Lipinski definition) is 1. The van der Waals surface area contributed by atoms with Gasteiger partial charge in [0.15, 0.2) is 0 Å². The van der Waals surface area contributed by atoms with E-state index in [0.29, 0.717) is 18.4 Å². The van der Waals surface area contributed by atoms with Gasteiger partial charge in [0.2, 0.25) is 0 Å². The minimum Gasteiger partial charge on any atom is -0.489 e. The Morgan fingerprint density at radius 2 is 1.95 bits per heavy atom. The lowest BCUT2D eigenvalue weighted by atomic mass is 10.1. The van der Waals surface area contributed by atoms with E-state index < -0.39 is 0 Å². The number of nitrogens with two attached hydrogens (primary N) is 1. The van der Waals surface area contributed by atoms with Crippen molar-refractivity contribution in [3.8, 4) is 5.75 Å². The zero-order valence-corrected chi connectivity index (χ0v) is 12.7. The molecule has 0 atom stereocenters. The highest BCUT2D eigenvalue weighted by Gasteiger charge is 2.13. The van der Waals surface area contributed by atoms with Crippen LogP contribution in [0.15, 0.2) is 48.7 Å². The maximum absolute atomic E-state index is 13.2. The number of ether oxygens (including phenoxy) is 1. The van der Waals surface area contributed by atoms with Gasteiger partial charge >= 0.3 is 0 Å². The van der Waals surface area contributed by atoms with Crippen LogP contribution in [-0.4, -0.2) is 4.57 Å². The van der Waals surface area contributed by atoms with Crippen molar-refractivity contribution in [2.24, 2.45) is 0 Å². The lowest BCUT2D eigenvalue weighted by molar-refractivity contribution is 0.305. The van der Waals surface area contributed by atoms with Gasteiger partial charge in [0, 0.05) is 34.9 Å². The predicted molar refractivity (Wildman–Crippen MR) is 87.5 cm³/mol. The summed E-state index contributed by atoms with van der Waals surface area (Å²) >= 11 is 0. The Morgan fingerprint density at radius 1 is 1.18 bits per heavy atom. The molecule has 1 heterocycles. The summed E-state index contributed by atoms with van der Waals surface area (Å²) in [6, 6.07) is 12.4. The number of nitrogen functional groups attached to an aromatic ring is 1. The second-order valence-corrected chi connectivity index (χ2v) is 5.64. The van der Waals surface area contributed by atoms with Gasteiger partial charge in [-0.05, 0) is 38.1 Å². The number of benzene rings is 2. The van der Waals surface area contributed by atoms with Gasteiger partial charge in [0.05, 0.1) is 5.52 Å². The van der Waals surface area contributed by atoms with Crippen LogP contribution in [0.2, 0.25) is 0 Å². The van der Waals surface area contributed by atoms with Crippen molar-refractivity contribution < 1.29 is 9.13 Å². The molecule has 2 aromatic carbocycles. The Morgan fingerprint density at radius 3 is 2.68 bits per heavy atom. The summed E-state index contributed by atoms with van der Waals surface area (Å²) < 4.78 is 21.1. The monoisotopic (exact) mass is 298 g/mol. The van der Waals surface area contributed by atoms with Gasteiger partial charge in [-0.3, -0.25) is 0 Å². The molecule has 2 N–H and O–H groups in total. The summed E-state index contributed by atoms with van der Waals surface area (Å²) in [5, 5.41) is 1.01. The topological polar surface area (TPSA) is 40.2 Å². The summed E-state index contributed by atoms with van der Waals surface area (Å²) in [6.45, 7) is 4.60. The van der Waals surface area contributed by atoms with Crippen molar-refractivity contribution in [2.45, 2.75) is 26.5 Å². The van der Waals surface area contributed by atoms with E-state index >= 15 is 0 Å². The molecule has 0 aliphatic carbocycles. The minimum atomic E-state index is -0.304. The van der Waals surface area contributed by atoms with Crippen molar-refractivity contribution >= 4 is 16.6 Å². The summed E-state index contributed by atoms with van der Waals surface area (Å²) in [4.78, 5) is 0. The Kier molecular flexibility index (Phi) is 3.75. The highest BCUT2D eigenvalue weighted by Crippen LogP contribution is 2.30. The van der Waals surface area contributed by atoms with Gasteiger partial charge in [-0.15, -0.1) is 0 Å². The van der Waals surface area contributed by atoms with Crippen LogP contribution in [0, 0.1) is 5.82 Å². The molecule has 0 saturated heterocycles. The van der Waals surface area contributed by atoms with Crippen LogP contribution >= 0.6 is 0 Å². The molecule has 3 rings (SSSR count). The maximum Gasteiger partial charge on any atom is 0.126 e. The van der Waals surface area contributed by atoms with E-state index in [1.165, 1.54) is 12.1 Å². The molecule has 0 spiro atoms. The van der Waals surface area contributed by atoms with E-state index in [0.717, 1.165) is 22.2 Å². The third-order valence-electron chi connectivity index (χ3n) is 3.72. The average molecular weight is 298 g/mol. The Balaban J connectivity index is 1.96. The first-order valence-corrected chi connectivity index (χ1v) is 7.32. The molecular formula is C18H19FN2O. The molecule has 114 valence electrons.